The van der Waals surface area contributed by atoms with E-state index < -0.39 is 23.5 Å². The second-order valence-corrected chi connectivity index (χ2v) is 5.48. The van der Waals surface area contributed by atoms with E-state index in [1.165, 1.54) is 0 Å². The summed E-state index contributed by atoms with van der Waals surface area (Å²) in [6.45, 7) is 9.06. The van der Waals surface area contributed by atoms with Crippen molar-refractivity contribution in [3.05, 3.63) is 5.53 Å². The molecule has 18 heavy (non-hydrogen) atoms. The van der Waals surface area contributed by atoms with Gasteiger partial charge in [-0.15, -0.1) is 0 Å². The molecule has 0 aliphatic carbocycles. The maximum absolute atomic E-state index is 11.6. The number of alkyl carbamates (subject to hydrolysis) is 1. The standard InChI is InChI=1S/C12H21N3O3/c1-8(2)6-9(10(16)7-14-13)15-11(17)18-12(3,4)5/h7-9H,6H2,1-5H3,(H,15,17)/t9-/m1/s1. The third-order valence-corrected chi connectivity index (χ3v) is 1.93. The van der Waals surface area contributed by atoms with Gasteiger partial charge in [-0.3, -0.25) is 4.79 Å². The van der Waals surface area contributed by atoms with Gasteiger partial charge in [-0.05, 0) is 33.1 Å². The molecular formula is C12H21N3O3. The van der Waals surface area contributed by atoms with Crippen LogP contribution in [0.5, 0.6) is 0 Å². The van der Waals surface area contributed by atoms with Gasteiger partial charge in [-0.25, -0.2) is 4.79 Å². The Morgan fingerprint density at radius 3 is 2.33 bits per heavy atom. The lowest BCUT2D eigenvalue weighted by atomic mass is 10.0. The van der Waals surface area contributed by atoms with Crippen LogP contribution >= 0.6 is 0 Å². The number of rotatable bonds is 5. The number of ketones is 1. The highest BCUT2D eigenvalue weighted by molar-refractivity contribution is 6.28. The fraction of sp³-hybridized carbons (Fsp3) is 0.750. The molecule has 0 heterocycles. The number of nitrogens with zero attached hydrogens (tertiary/aromatic N) is 2. The summed E-state index contributed by atoms with van der Waals surface area (Å²) < 4.78 is 5.07. The van der Waals surface area contributed by atoms with Crippen LogP contribution in [0.1, 0.15) is 41.0 Å². The molecule has 0 saturated heterocycles. The van der Waals surface area contributed by atoms with Crippen molar-refractivity contribution in [3.8, 4) is 0 Å². The van der Waals surface area contributed by atoms with Crippen LogP contribution in [0.15, 0.2) is 0 Å². The second kappa shape index (κ2) is 6.91. The number of ether oxygens (including phenoxy) is 1. The third kappa shape index (κ3) is 7.57. The highest BCUT2D eigenvalue weighted by atomic mass is 16.6. The summed E-state index contributed by atoms with van der Waals surface area (Å²) in [6.07, 6.45) is 0.571. The minimum atomic E-state index is -0.740. The predicted molar refractivity (Wildman–Crippen MR) is 67.3 cm³/mol. The quantitative estimate of drug-likeness (QED) is 0.461. The Kier molecular flexibility index (Phi) is 6.27. The van der Waals surface area contributed by atoms with E-state index >= 15 is 0 Å². The molecule has 0 saturated carbocycles. The highest BCUT2D eigenvalue weighted by Gasteiger charge is 2.25. The van der Waals surface area contributed by atoms with Crippen molar-refractivity contribution >= 4 is 18.1 Å². The van der Waals surface area contributed by atoms with Gasteiger partial charge in [0.25, 0.3) is 5.78 Å². The number of amides is 1. The van der Waals surface area contributed by atoms with Crippen LogP contribution in [-0.2, 0) is 9.53 Å². The van der Waals surface area contributed by atoms with Crippen LogP contribution in [0.4, 0.5) is 4.79 Å². The van der Waals surface area contributed by atoms with E-state index in [0.717, 1.165) is 6.21 Å². The molecule has 1 atom stereocenters. The topological polar surface area (TPSA) is 91.8 Å². The zero-order chi connectivity index (χ0) is 14.3. The summed E-state index contributed by atoms with van der Waals surface area (Å²) in [5, 5.41) is 2.48. The van der Waals surface area contributed by atoms with Crippen molar-refractivity contribution in [2.24, 2.45) is 5.92 Å². The average Bonchev–Trinajstić information content (AvgIpc) is 2.13. The molecule has 0 aliphatic heterocycles. The van der Waals surface area contributed by atoms with Crippen LogP contribution in [-0.4, -0.2) is 34.5 Å². The summed E-state index contributed by atoms with van der Waals surface area (Å²) in [6, 6.07) is -0.740. The zero-order valence-electron chi connectivity index (χ0n) is 11.6. The van der Waals surface area contributed by atoms with Crippen LogP contribution in [0, 0.1) is 5.92 Å². The van der Waals surface area contributed by atoms with Crippen molar-refractivity contribution in [2.45, 2.75) is 52.7 Å². The Morgan fingerprint density at radius 2 is 1.94 bits per heavy atom. The fourth-order valence-corrected chi connectivity index (χ4v) is 1.31. The third-order valence-electron chi connectivity index (χ3n) is 1.93. The first-order chi connectivity index (χ1) is 8.15. The lowest BCUT2D eigenvalue weighted by Gasteiger charge is -2.22. The van der Waals surface area contributed by atoms with Gasteiger partial charge in [0.05, 0.1) is 0 Å². The summed E-state index contributed by atoms with van der Waals surface area (Å²) in [5.41, 5.74) is 7.72. The minimum Gasteiger partial charge on any atom is -0.444 e. The molecule has 0 bridgehead atoms. The summed E-state index contributed by atoms with van der Waals surface area (Å²) in [5.74, 6) is -0.252. The largest absolute Gasteiger partial charge is 0.444 e. The van der Waals surface area contributed by atoms with Gasteiger partial charge in [0, 0.05) is 0 Å². The van der Waals surface area contributed by atoms with Gasteiger partial charge < -0.3 is 15.6 Å². The smallest absolute Gasteiger partial charge is 0.408 e. The Bertz CT molecular complexity index is 352. The monoisotopic (exact) mass is 255 g/mol. The van der Waals surface area contributed by atoms with Crippen molar-refractivity contribution < 1.29 is 19.1 Å². The van der Waals surface area contributed by atoms with Gasteiger partial charge >= 0.3 is 12.3 Å². The maximum Gasteiger partial charge on any atom is 0.408 e. The Hall–Kier alpha value is -1.68. The van der Waals surface area contributed by atoms with E-state index in [2.05, 4.69) is 10.1 Å². The predicted octanol–water partition coefficient (Wildman–Crippen LogP) is 1.80. The fourth-order valence-electron chi connectivity index (χ4n) is 1.31. The van der Waals surface area contributed by atoms with Crippen LogP contribution < -0.4 is 5.32 Å². The maximum atomic E-state index is 11.6. The van der Waals surface area contributed by atoms with E-state index in [4.69, 9.17) is 10.3 Å². The van der Waals surface area contributed by atoms with Crippen molar-refractivity contribution in [2.75, 3.05) is 0 Å². The molecule has 102 valence electrons. The molecule has 0 aromatic carbocycles. The molecule has 0 spiro atoms. The van der Waals surface area contributed by atoms with Crippen LogP contribution in [0.25, 0.3) is 5.53 Å². The molecule has 1 amide bonds. The minimum absolute atomic E-state index is 0.209. The first-order valence-electron chi connectivity index (χ1n) is 5.86. The number of Topliss-reactive ketones (excluding diaryl/α,β-unsaturated/α-hetero) is 1. The van der Waals surface area contributed by atoms with Crippen molar-refractivity contribution in [1.29, 1.82) is 0 Å². The number of hydrogen-bond donors (Lipinski definition) is 1. The van der Waals surface area contributed by atoms with E-state index in [0.29, 0.717) is 6.42 Å². The number of carbonyl (C=O) groups excluding carboxylic acids is 2. The molecule has 0 radical (unpaired) electrons. The molecule has 1 N–H and O–H groups in total. The molecule has 6 nitrogen and oxygen atoms in total. The van der Waals surface area contributed by atoms with Gasteiger partial charge in [0.15, 0.2) is 0 Å². The molecule has 0 fully saturated rings. The summed E-state index contributed by atoms with van der Waals surface area (Å²) in [4.78, 5) is 25.8. The van der Waals surface area contributed by atoms with Crippen LogP contribution in [0.2, 0.25) is 0 Å². The van der Waals surface area contributed by atoms with Gasteiger partial charge in [0.2, 0.25) is 0 Å². The lowest BCUT2D eigenvalue weighted by Crippen LogP contribution is -2.44. The second-order valence-electron chi connectivity index (χ2n) is 5.48. The summed E-state index contributed by atoms with van der Waals surface area (Å²) in [7, 11) is 0. The van der Waals surface area contributed by atoms with Gasteiger partial charge in [0.1, 0.15) is 11.6 Å². The van der Waals surface area contributed by atoms with E-state index in [1.807, 2.05) is 13.8 Å². The normalized spacial score (nSPS) is 12.6. The number of carbonyl (C=O) groups is 2. The Morgan fingerprint density at radius 1 is 1.39 bits per heavy atom. The average molecular weight is 255 g/mol. The molecule has 0 aromatic heterocycles. The van der Waals surface area contributed by atoms with E-state index in [-0.39, 0.29) is 5.92 Å². The van der Waals surface area contributed by atoms with Gasteiger partial charge in [-0.1, -0.05) is 13.8 Å². The lowest BCUT2D eigenvalue weighted by molar-refractivity contribution is -0.118. The van der Waals surface area contributed by atoms with E-state index in [9.17, 15) is 9.59 Å². The SMILES string of the molecule is CC(C)C[C@@H](NC(=O)OC(C)(C)C)C(=O)C=[N+]=[N-]. The molecule has 0 unspecified atom stereocenters. The van der Waals surface area contributed by atoms with Gasteiger partial charge in [-0.2, -0.15) is 4.79 Å². The summed E-state index contributed by atoms with van der Waals surface area (Å²) >= 11 is 0. The first kappa shape index (κ1) is 16.3. The van der Waals surface area contributed by atoms with Crippen LogP contribution in [0.3, 0.4) is 0 Å². The number of nitrogens with one attached hydrogen (secondary N) is 1. The molecule has 0 aromatic rings. The Labute approximate surface area is 107 Å². The Balaban J connectivity index is 4.64. The molecular weight excluding hydrogens is 234 g/mol. The van der Waals surface area contributed by atoms with Crippen molar-refractivity contribution in [3.63, 3.8) is 0 Å². The zero-order valence-corrected chi connectivity index (χ0v) is 11.6. The number of hydrogen-bond acceptors (Lipinski definition) is 3. The first-order valence-corrected chi connectivity index (χ1v) is 5.86. The van der Waals surface area contributed by atoms with Crippen molar-refractivity contribution in [1.82, 2.24) is 5.32 Å². The molecule has 0 rings (SSSR count). The van der Waals surface area contributed by atoms with E-state index in [1.54, 1.807) is 20.8 Å². The molecule has 0 aliphatic rings. The highest BCUT2D eigenvalue weighted by Crippen LogP contribution is 2.09. The molecule has 6 heteroatoms.